The Morgan fingerprint density at radius 2 is 2.00 bits per heavy atom. The molecule has 1 saturated heterocycles. The zero-order valence-corrected chi connectivity index (χ0v) is 12.4. The van der Waals surface area contributed by atoms with E-state index >= 15 is 0 Å². The van der Waals surface area contributed by atoms with Gasteiger partial charge in [-0.3, -0.25) is 10.3 Å². The highest BCUT2D eigenvalue weighted by Crippen LogP contribution is 2.24. The van der Waals surface area contributed by atoms with Gasteiger partial charge in [0.05, 0.1) is 6.61 Å². The number of hydrogen-bond acceptors (Lipinski definition) is 4. The smallest absolute Gasteiger partial charge is 0.123 e. The fourth-order valence-electron chi connectivity index (χ4n) is 2.29. The van der Waals surface area contributed by atoms with Crippen LogP contribution in [0.25, 0.3) is 0 Å². The Labute approximate surface area is 121 Å². The summed E-state index contributed by atoms with van der Waals surface area (Å²) in [4.78, 5) is 4.57. The second-order valence-electron chi connectivity index (χ2n) is 4.63. The molecule has 0 amide bonds. The number of benzene rings is 1. The molecule has 0 radical (unpaired) electrons. The van der Waals surface area contributed by atoms with Crippen LogP contribution in [0, 0.1) is 5.41 Å². The SMILES string of the molecule is N=C(N)c1ccc(N2CCN(CCO)CC2)cc1Br. The summed E-state index contributed by atoms with van der Waals surface area (Å²) >= 11 is 3.46. The van der Waals surface area contributed by atoms with Gasteiger partial charge in [0, 0.05) is 48.4 Å². The molecule has 0 unspecified atom stereocenters. The summed E-state index contributed by atoms with van der Waals surface area (Å²) in [5.74, 6) is 0.0752. The van der Waals surface area contributed by atoms with Crippen LogP contribution in [0.5, 0.6) is 0 Å². The molecule has 1 fully saturated rings. The van der Waals surface area contributed by atoms with E-state index in [-0.39, 0.29) is 12.4 Å². The van der Waals surface area contributed by atoms with Crippen LogP contribution in [0.1, 0.15) is 5.56 Å². The molecule has 2 rings (SSSR count). The highest BCUT2D eigenvalue weighted by Gasteiger charge is 2.17. The van der Waals surface area contributed by atoms with E-state index in [9.17, 15) is 0 Å². The lowest BCUT2D eigenvalue weighted by Crippen LogP contribution is -2.47. The third kappa shape index (κ3) is 3.46. The fraction of sp³-hybridized carbons (Fsp3) is 0.462. The van der Waals surface area contributed by atoms with E-state index in [1.165, 1.54) is 0 Å². The van der Waals surface area contributed by atoms with Crippen LogP contribution >= 0.6 is 15.9 Å². The Morgan fingerprint density at radius 3 is 2.53 bits per heavy atom. The molecule has 0 aromatic heterocycles. The largest absolute Gasteiger partial charge is 0.395 e. The van der Waals surface area contributed by atoms with Crippen LogP contribution in [0.15, 0.2) is 22.7 Å². The van der Waals surface area contributed by atoms with Gasteiger partial charge in [-0.05, 0) is 34.1 Å². The Morgan fingerprint density at radius 1 is 1.32 bits per heavy atom. The molecule has 1 aliphatic rings. The zero-order valence-electron chi connectivity index (χ0n) is 10.8. The van der Waals surface area contributed by atoms with Crippen LogP contribution in [0.4, 0.5) is 5.69 Å². The van der Waals surface area contributed by atoms with Gasteiger partial charge in [-0.2, -0.15) is 0 Å². The van der Waals surface area contributed by atoms with Gasteiger partial charge in [0.15, 0.2) is 0 Å². The number of nitrogens with two attached hydrogens (primary N) is 1. The number of nitrogens with one attached hydrogen (secondary N) is 1. The summed E-state index contributed by atoms with van der Waals surface area (Å²) in [6.07, 6.45) is 0. The van der Waals surface area contributed by atoms with Crippen molar-refractivity contribution in [2.75, 3.05) is 44.2 Å². The van der Waals surface area contributed by atoms with Gasteiger partial charge in [-0.25, -0.2) is 0 Å². The number of β-amino-alcohol motifs (C(OH)–C–C–N with tert-alkyl or cyclic N) is 1. The summed E-state index contributed by atoms with van der Waals surface area (Å²) in [6, 6.07) is 5.89. The second-order valence-corrected chi connectivity index (χ2v) is 5.48. The third-order valence-electron chi connectivity index (χ3n) is 3.40. The van der Waals surface area contributed by atoms with Crippen molar-refractivity contribution in [2.45, 2.75) is 0 Å². The van der Waals surface area contributed by atoms with Gasteiger partial charge in [-0.1, -0.05) is 0 Å². The molecule has 1 aromatic carbocycles. The number of aliphatic hydroxyl groups excluding tert-OH is 1. The minimum absolute atomic E-state index is 0.0752. The van der Waals surface area contributed by atoms with E-state index in [2.05, 4.69) is 25.7 Å². The second kappa shape index (κ2) is 6.36. The molecule has 0 aliphatic carbocycles. The maximum atomic E-state index is 8.93. The first kappa shape index (κ1) is 14.3. The first-order valence-corrected chi connectivity index (χ1v) is 7.13. The fourth-order valence-corrected chi connectivity index (χ4v) is 2.87. The number of amidine groups is 1. The lowest BCUT2D eigenvalue weighted by atomic mass is 10.1. The van der Waals surface area contributed by atoms with Crippen molar-refractivity contribution in [1.29, 1.82) is 5.41 Å². The molecule has 1 aliphatic heterocycles. The molecular weight excluding hydrogens is 308 g/mol. The van der Waals surface area contributed by atoms with Gasteiger partial charge < -0.3 is 15.7 Å². The molecule has 5 nitrogen and oxygen atoms in total. The van der Waals surface area contributed by atoms with Gasteiger partial charge in [0.1, 0.15) is 5.84 Å². The summed E-state index contributed by atoms with van der Waals surface area (Å²) in [7, 11) is 0. The normalized spacial score (nSPS) is 16.6. The van der Waals surface area contributed by atoms with Crippen molar-refractivity contribution < 1.29 is 5.11 Å². The highest BCUT2D eigenvalue weighted by molar-refractivity contribution is 9.10. The molecule has 0 bridgehead atoms. The predicted molar refractivity (Wildman–Crippen MR) is 80.9 cm³/mol. The van der Waals surface area contributed by atoms with Crippen molar-refractivity contribution in [3.8, 4) is 0 Å². The lowest BCUT2D eigenvalue weighted by Gasteiger charge is -2.36. The number of piperazine rings is 1. The number of anilines is 1. The van der Waals surface area contributed by atoms with E-state index < -0.39 is 0 Å². The first-order chi connectivity index (χ1) is 9.11. The first-order valence-electron chi connectivity index (χ1n) is 6.34. The standard InChI is InChI=1S/C13H19BrN4O/c14-12-9-10(1-2-11(12)13(15)16)18-5-3-17(4-6-18)7-8-19/h1-2,9,19H,3-8H2,(H3,15,16). The number of nitrogens with zero attached hydrogens (tertiary/aromatic N) is 2. The van der Waals surface area contributed by atoms with E-state index in [1.807, 2.05) is 18.2 Å². The number of aliphatic hydroxyl groups is 1. The van der Waals surface area contributed by atoms with Crippen LogP contribution in [0.2, 0.25) is 0 Å². The van der Waals surface area contributed by atoms with E-state index in [4.69, 9.17) is 16.2 Å². The third-order valence-corrected chi connectivity index (χ3v) is 4.05. The van der Waals surface area contributed by atoms with Crippen molar-refractivity contribution in [1.82, 2.24) is 4.90 Å². The molecule has 0 atom stereocenters. The van der Waals surface area contributed by atoms with Crippen LogP contribution < -0.4 is 10.6 Å². The Balaban J connectivity index is 2.04. The number of rotatable bonds is 4. The summed E-state index contributed by atoms with van der Waals surface area (Å²) < 4.78 is 0.857. The average Bonchev–Trinajstić information content (AvgIpc) is 2.39. The number of halogens is 1. The van der Waals surface area contributed by atoms with Crippen LogP contribution in [0.3, 0.4) is 0 Å². The molecule has 1 heterocycles. The highest BCUT2D eigenvalue weighted by atomic mass is 79.9. The molecule has 19 heavy (non-hydrogen) atoms. The van der Waals surface area contributed by atoms with E-state index in [1.54, 1.807) is 0 Å². The van der Waals surface area contributed by atoms with Gasteiger partial charge in [0.2, 0.25) is 0 Å². The molecule has 4 N–H and O–H groups in total. The van der Waals surface area contributed by atoms with Crippen LogP contribution in [-0.4, -0.2) is 55.2 Å². The summed E-state index contributed by atoms with van der Waals surface area (Å²) in [5.41, 5.74) is 7.37. The Bertz CT molecular complexity index is 458. The molecule has 0 spiro atoms. The Kier molecular flexibility index (Phi) is 4.79. The van der Waals surface area contributed by atoms with Crippen LogP contribution in [-0.2, 0) is 0 Å². The molecule has 0 saturated carbocycles. The predicted octanol–water partition coefficient (Wildman–Crippen LogP) is 0.847. The molecule has 1 aromatic rings. The summed E-state index contributed by atoms with van der Waals surface area (Å²) in [5, 5.41) is 16.4. The van der Waals surface area contributed by atoms with Gasteiger partial charge in [-0.15, -0.1) is 0 Å². The number of hydrogen-bond donors (Lipinski definition) is 3. The van der Waals surface area contributed by atoms with Crippen molar-refractivity contribution in [3.05, 3.63) is 28.2 Å². The molecule has 6 heteroatoms. The topological polar surface area (TPSA) is 76.6 Å². The minimum Gasteiger partial charge on any atom is -0.395 e. The van der Waals surface area contributed by atoms with E-state index in [0.717, 1.165) is 48.4 Å². The minimum atomic E-state index is 0.0752. The number of nitrogen functional groups attached to an aromatic ring is 1. The summed E-state index contributed by atoms with van der Waals surface area (Å²) in [6.45, 7) is 4.80. The molecular formula is C13H19BrN4O. The monoisotopic (exact) mass is 326 g/mol. The maximum Gasteiger partial charge on any atom is 0.123 e. The van der Waals surface area contributed by atoms with Gasteiger partial charge in [0.25, 0.3) is 0 Å². The average molecular weight is 327 g/mol. The van der Waals surface area contributed by atoms with Crippen molar-refractivity contribution in [3.63, 3.8) is 0 Å². The lowest BCUT2D eigenvalue weighted by molar-refractivity contribution is 0.189. The van der Waals surface area contributed by atoms with Gasteiger partial charge >= 0.3 is 0 Å². The Hall–Kier alpha value is -1.11. The van der Waals surface area contributed by atoms with Crippen molar-refractivity contribution >= 4 is 27.5 Å². The molecule has 104 valence electrons. The maximum absolute atomic E-state index is 8.93. The van der Waals surface area contributed by atoms with E-state index in [0.29, 0.717) is 0 Å². The zero-order chi connectivity index (χ0) is 13.8. The van der Waals surface area contributed by atoms with Crippen molar-refractivity contribution in [2.24, 2.45) is 5.73 Å². The quantitative estimate of drug-likeness (QED) is 0.566.